The quantitative estimate of drug-likeness (QED) is 0.610. The average Bonchev–Trinajstić information content (AvgIpc) is 3.11. The molecule has 1 saturated heterocycles. The first-order chi connectivity index (χ1) is 14.1. The molecule has 1 N–H and O–H groups in total. The molecule has 5 nitrogen and oxygen atoms in total. The molecule has 0 spiro atoms. The van der Waals surface area contributed by atoms with Crippen LogP contribution in [0.2, 0.25) is 0 Å². The minimum absolute atomic E-state index is 0.138. The second kappa shape index (κ2) is 8.49. The summed E-state index contributed by atoms with van der Waals surface area (Å²) in [7, 11) is 0. The van der Waals surface area contributed by atoms with E-state index in [4.69, 9.17) is 4.74 Å². The molecule has 0 saturated carbocycles. The average molecular weight is 451 g/mol. The van der Waals surface area contributed by atoms with Crippen LogP contribution in [0.4, 0.5) is 4.79 Å². The highest BCUT2D eigenvalue weighted by Gasteiger charge is 2.45. The Hall–Kier alpha value is -3.12. The summed E-state index contributed by atoms with van der Waals surface area (Å²) in [6.07, 6.45) is -1.15. The van der Waals surface area contributed by atoms with Crippen LogP contribution < -0.4 is 5.32 Å². The first-order valence-corrected chi connectivity index (χ1v) is 10.0. The number of benzene rings is 3. The van der Waals surface area contributed by atoms with Gasteiger partial charge in [0, 0.05) is 4.47 Å². The maximum absolute atomic E-state index is 13.1. The lowest BCUT2D eigenvalue weighted by Crippen LogP contribution is -2.35. The minimum Gasteiger partial charge on any atom is -0.444 e. The van der Waals surface area contributed by atoms with Crippen molar-refractivity contribution in [1.82, 2.24) is 10.2 Å². The van der Waals surface area contributed by atoms with Gasteiger partial charge in [-0.2, -0.15) is 0 Å². The zero-order chi connectivity index (χ0) is 20.2. The number of hydrogen-bond acceptors (Lipinski definition) is 3. The maximum atomic E-state index is 13.1. The van der Waals surface area contributed by atoms with Crippen LogP contribution >= 0.6 is 15.9 Å². The number of carbonyl (C=O) groups is 2. The van der Waals surface area contributed by atoms with Gasteiger partial charge in [-0.25, -0.2) is 4.79 Å². The van der Waals surface area contributed by atoms with Crippen LogP contribution in [0.3, 0.4) is 0 Å². The highest BCUT2D eigenvalue weighted by molar-refractivity contribution is 9.10. The van der Waals surface area contributed by atoms with E-state index in [1.165, 1.54) is 4.90 Å². The third-order valence-electron chi connectivity index (χ3n) is 4.80. The van der Waals surface area contributed by atoms with Crippen molar-refractivity contribution >= 4 is 27.9 Å². The molecule has 3 aromatic carbocycles. The van der Waals surface area contributed by atoms with Crippen LogP contribution in [0.25, 0.3) is 0 Å². The van der Waals surface area contributed by atoms with Gasteiger partial charge in [-0.15, -0.1) is 0 Å². The molecule has 0 radical (unpaired) electrons. The van der Waals surface area contributed by atoms with E-state index in [0.29, 0.717) is 0 Å². The Kier molecular flexibility index (Phi) is 5.62. The fourth-order valence-electron chi connectivity index (χ4n) is 3.40. The number of hydrogen-bond donors (Lipinski definition) is 1. The zero-order valence-corrected chi connectivity index (χ0v) is 17.1. The monoisotopic (exact) mass is 450 g/mol. The molecule has 0 aliphatic carbocycles. The van der Waals surface area contributed by atoms with Crippen molar-refractivity contribution in [2.45, 2.75) is 18.8 Å². The Labute approximate surface area is 177 Å². The van der Waals surface area contributed by atoms with Crippen LogP contribution in [0.1, 0.15) is 28.9 Å². The van der Waals surface area contributed by atoms with Gasteiger partial charge >= 0.3 is 6.09 Å². The number of ether oxygens (including phenoxy) is 1. The summed E-state index contributed by atoms with van der Waals surface area (Å²) < 4.78 is 6.49. The third-order valence-corrected chi connectivity index (χ3v) is 5.33. The van der Waals surface area contributed by atoms with Crippen LogP contribution in [0, 0.1) is 0 Å². The van der Waals surface area contributed by atoms with Crippen LogP contribution in [-0.4, -0.2) is 16.9 Å². The lowest BCUT2D eigenvalue weighted by Gasteiger charge is -2.27. The molecule has 1 fully saturated rings. The Balaban J connectivity index is 1.65. The molecule has 2 unspecified atom stereocenters. The molecular formula is C23H19BrN2O3. The number of rotatable bonds is 4. The van der Waals surface area contributed by atoms with Crippen LogP contribution in [-0.2, 0) is 16.1 Å². The smallest absolute Gasteiger partial charge is 0.412 e. The lowest BCUT2D eigenvalue weighted by molar-refractivity contribution is -0.121. The van der Waals surface area contributed by atoms with Crippen LogP contribution in [0.15, 0.2) is 89.4 Å². The summed E-state index contributed by atoms with van der Waals surface area (Å²) in [6.45, 7) is 0.138. The second-order valence-corrected chi connectivity index (χ2v) is 7.64. The fourth-order valence-corrected chi connectivity index (χ4v) is 3.66. The second-order valence-electron chi connectivity index (χ2n) is 6.72. The summed E-state index contributed by atoms with van der Waals surface area (Å²) in [6, 6.07) is 25.5. The van der Waals surface area contributed by atoms with Crippen molar-refractivity contribution in [2.75, 3.05) is 0 Å². The summed E-state index contributed by atoms with van der Waals surface area (Å²) in [4.78, 5) is 27.4. The number of nitrogens with one attached hydrogen (secondary N) is 1. The van der Waals surface area contributed by atoms with E-state index in [2.05, 4.69) is 21.2 Å². The molecule has 2 amide bonds. The van der Waals surface area contributed by atoms with E-state index in [1.807, 2.05) is 84.9 Å². The molecule has 146 valence electrons. The number of nitrogens with zero attached hydrogens (tertiary/aromatic N) is 1. The molecule has 0 aromatic heterocycles. The van der Waals surface area contributed by atoms with E-state index < -0.39 is 18.3 Å². The van der Waals surface area contributed by atoms with E-state index in [0.717, 1.165) is 21.2 Å². The Morgan fingerprint density at radius 1 is 0.897 bits per heavy atom. The van der Waals surface area contributed by atoms with E-state index in [9.17, 15) is 9.59 Å². The Morgan fingerprint density at radius 2 is 1.52 bits per heavy atom. The van der Waals surface area contributed by atoms with Crippen molar-refractivity contribution in [3.63, 3.8) is 0 Å². The van der Waals surface area contributed by atoms with E-state index in [-0.39, 0.29) is 12.5 Å². The summed E-state index contributed by atoms with van der Waals surface area (Å²) in [5.41, 5.74) is 2.42. The molecule has 1 aliphatic heterocycles. The van der Waals surface area contributed by atoms with Gasteiger partial charge in [-0.05, 0) is 28.8 Å². The number of halogens is 1. The van der Waals surface area contributed by atoms with Gasteiger partial charge < -0.3 is 10.1 Å². The van der Waals surface area contributed by atoms with Gasteiger partial charge in [0.1, 0.15) is 18.8 Å². The van der Waals surface area contributed by atoms with Gasteiger partial charge in [0.25, 0.3) is 0 Å². The van der Waals surface area contributed by atoms with Gasteiger partial charge in [0.2, 0.25) is 5.91 Å². The van der Waals surface area contributed by atoms with Gasteiger partial charge in [-0.3, -0.25) is 9.69 Å². The summed E-state index contributed by atoms with van der Waals surface area (Å²) >= 11 is 3.42. The molecule has 6 heteroatoms. The number of carbonyl (C=O) groups excluding carboxylic acids is 2. The molecule has 3 aromatic rings. The van der Waals surface area contributed by atoms with Crippen molar-refractivity contribution in [1.29, 1.82) is 0 Å². The molecule has 0 bridgehead atoms. The van der Waals surface area contributed by atoms with E-state index in [1.54, 1.807) is 0 Å². The molecular weight excluding hydrogens is 432 g/mol. The van der Waals surface area contributed by atoms with Crippen molar-refractivity contribution in [3.8, 4) is 0 Å². The highest BCUT2D eigenvalue weighted by Crippen LogP contribution is 2.36. The molecule has 4 rings (SSSR count). The topological polar surface area (TPSA) is 58.6 Å². The molecule has 2 atom stereocenters. The van der Waals surface area contributed by atoms with Gasteiger partial charge in [0.15, 0.2) is 0 Å². The first kappa shape index (κ1) is 19.2. The predicted molar refractivity (Wildman–Crippen MR) is 113 cm³/mol. The van der Waals surface area contributed by atoms with Gasteiger partial charge in [0.05, 0.1) is 0 Å². The largest absolute Gasteiger partial charge is 0.444 e. The van der Waals surface area contributed by atoms with Crippen LogP contribution in [0.5, 0.6) is 0 Å². The molecule has 1 aliphatic rings. The highest BCUT2D eigenvalue weighted by atomic mass is 79.9. The normalized spacial score (nSPS) is 18.4. The first-order valence-electron chi connectivity index (χ1n) is 9.23. The van der Waals surface area contributed by atoms with Gasteiger partial charge in [-0.1, -0.05) is 88.7 Å². The lowest BCUT2D eigenvalue weighted by atomic mass is 10.1. The van der Waals surface area contributed by atoms with Crippen molar-refractivity contribution < 1.29 is 14.3 Å². The van der Waals surface area contributed by atoms with E-state index >= 15 is 0 Å². The summed E-state index contributed by atoms with van der Waals surface area (Å²) in [5, 5.41) is 2.94. The molecule has 29 heavy (non-hydrogen) atoms. The minimum atomic E-state index is -0.756. The Morgan fingerprint density at radius 3 is 2.17 bits per heavy atom. The molecule has 1 heterocycles. The zero-order valence-electron chi connectivity index (χ0n) is 15.5. The van der Waals surface area contributed by atoms with Crippen molar-refractivity contribution in [2.24, 2.45) is 0 Å². The fraction of sp³-hybridized carbons (Fsp3) is 0.130. The van der Waals surface area contributed by atoms with Crippen molar-refractivity contribution in [3.05, 3.63) is 106 Å². The SMILES string of the molecule is O=C1NC(c2ccc(Br)cc2)N(C(=O)OCc2ccccc2)C1c1ccccc1. The standard InChI is InChI=1S/C23H19BrN2O3/c24-19-13-11-18(12-14-19)21-25-22(27)20(17-9-5-2-6-10-17)26(21)23(28)29-15-16-7-3-1-4-8-16/h1-14,20-21H,15H2,(H,25,27). The number of amides is 2. The predicted octanol–water partition coefficient (Wildman–Crippen LogP) is 4.96. The summed E-state index contributed by atoms with van der Waals surface area (Å²) in [5.74, 6) is -0.235. The Bertz CT molecular complexity index is 994. The maximum Gasteiger partial charge on any atom is 0.412 e. The third kappa shape index (κ3) is 4.17.